The van der Waals surface area contributed by atoms with Crippen molar-refractivity contribution in [3.8, 4) is 0 Å². The average Bonchev–Trinajstić information content (AvgIpc) is 2.83. The van der Waals surface area contributed by atoms with Crippen LogP contribution < -0.4 is 16.0 Å². The van der Waals surface area contributed by atoms with E-state index in [-0.39, 0.29) is 30.5 Å². The summed E-state index contributed by atoms with van der Waals surface area (Å²) >= 11 is 0. The second-order valence-corrected chi connectivity index (χ2v) is 10.3. The Kier molecular flexibility index (Phi) is 18.0. The number of carbonyl (C=O) groups excluding carboxylic acids is 4. The first-order valence-electron chi connectivity index (χ1n) is 13.6. The molecule has 0 radical (unpaired) electrons. The van der Waals surface area contributed by atoms with Crippen molar-refractivity contribution >= 4 is 23.6 Å². The van der Waals surface area contributed by atoms with Crippen LogP contribution in [0.3, 0.4) is 0 Å². The molecule has 5 unspecified atom stereocenters. The molecular formula is C27H51N3O7. The van der Waals surface area contributed by atoms with E-state index in [2.05, 4.69) is 22.9 Å². The minimum Gasteiger partial charge on any atom is -0.469 e. The zero-order chi connectivity index (χ0) is 28.5. The molecule has 37 heavy (non-hydrogen) atoms. The first-order chi connectivity index (χ1) is 17.4. The number of unbranched alkanes of at least 4 members (excludes halogenated alkanes) is 2. The topological polar surface area (TPSA) is 143 Å². The fourth-order valence-electron chi connectivity index (χ4n) is 3.95. The Bertz CT molecular complexity index is 699. The van der Waals surface area contributed by atoms with Gasteiger partial charge >= 0.3 is 5.97 Å². The van der Waals surface area contributed by atoms with Crippen molar-refractivity contribution < 1.29 is 33.8 Å². The van der Waals surface area contributed by atoms with E-state index >= 15 is 0 Å². The molecular weight excluding hydrogens is 478 g/mol. The third-order valence-electron chi connectivity index (χ3n) is 6.08. The molecule has 0 aromatic rings. The predicted molar refractivity (Wildman–Crippen MR) is 143 cm³/mol. The van der Waals surface area contributed by atoms with E-state index in [0.29, 0.717) is 19.4 Å². The number of aliphatic hydroxyl groups excluding tert-OH is 1. The quantitative estimate of drug-likeness (QED) is 0.107. The number of carbonyl (C=O) groups is 4. The molecule has 0 heterocycles. The van der Waals surface area contributed by atoms with Crippen LogP contribution in [0.1, 0.15) is 93.4 Å². The van der Waals surface area contributed by atoms with Gasteiger partial charge in [0.05, 0.1) is 19.2 Å². The van der Waals surface area contributed by atoms with E-state index in [4.69, 9.17) is 9.47 Å². The van der Waals surface area contributed by atoms with Crippen LogP contribution in [0, 0.1) is 11.8 Å². The third-order valence-corrected chi connectivity index (χ3v) is 6.08. The molecule has 10 heteroatoms. The summed E-state index contributed by atoms with van der Waals surface area (Å²) in [4.78, 5) is 51.2. The van der Waals surface area contributed by atoms with Gasteiger partial charge in [-0.1, -0.05) is 47.5 Å². The average molecular weight is 530 g/mol. The number of esters is 1. The second-order valence-electron chi connectivity index (χ2n) is 10.3. The maximum absolute atomic E-state index is 13.3. The van der Waals surface area contributed by atoms with Gasteiger partial charge in [-0.05, 0) is 51.4 Å². The number of amides is 2. The first-order valence-corrected chi connectivity index (χ1v) is 13.6. The number of nitrogens with one attached hydrogen (secondary N) is 3. The molecule has 0 aromatic heterocycles. The molecule has 0 aliphatic rings. The minimum atomic E-state index is -1.07. The molecule has 0 bridgehead atoms. The van der Waals surface area contributed by atoms with Gasteiger partial charge < -0.3 is 25.2 Å². The third kappa shape index (κ3) is 14.5. The summed E-state index contributed by atoms with van der Waals surface area (Å²) in [5.41, 5.74) is 0. The monoisotopic (exact) mass is 529 g/mol. The lowest BCUT2D eigenvalue weighted by Crippen LogP contribution is -2.58. The predicted octanol–water partition coefficient (Wildman–Crippen LogP) is 2.46. The summed E-state index contributed by atoms with van der Waals surface area (Å²) in [5.74, 6) is -1.85. The molecule has 0 fully saturated rings. The van der Waals surface area contributed by atoms with Crippen molar-refractivity contribution in [3.63, 3.8) is 0 Å². The van der Waals surface area contributed by atoms with E-state index in [0.717, 1.165) is 19.3 Å². The Balaban J connectivity index is 5.66. The van der Waals surface area contributed by atoms with Gasteiger partial charge in [0.15, 0.2) is 5.78 Å². The fraction of sp³-hybridized carbons (Fsp3) is 0.852. The van der Waals surface area contributed by atoms with Crippen LogP contribution in [-0.4, -0.2) is 72.8 Å². The van der Waals surface area contributed by atoms with Gasteiger partial charge in [-0.2, -0.15) is 0 Å². The van der Waals surface area contributed by atoms with Gasteiger partial charge in [0.1, 0.15) is 18.4 Å². The van der Waals surface area contributed by atoms with E-state index in [1.165, 1.54) is 7.11 Å². The van der Waals surface area contributed by atoms with Crippen molar-refractivity contribution in [2.45, 2.75) is 124 Å². The van der Waals surface area contributed by atoms with Crippen LogP contribution in [0.5, 0.6) is 0 Å². The summed E-state index contributed by atoms with van der Waals surface area (Å²) < 4.78 is 10.1. The molecule has 10 nitrogen and oxygen atoms in total. The Morgan fingerprint density at radius 1 is 0.865 bits per heavy atom. The molecule has 0 aromatic carbocycles. The first kappa shape index (κ1) is 35.0. The van der Waals surface area contributed by atoms with E-state index in [1.807, 2.05) is 27.7 Å². The molecule has 0 saturated heterocycles. The summed E-state index contributed by atoms with van der Waals surface area (Å²) in [6.45, 7) is 13.4. The zero-order valence-electron chi connectivity index (χ0n) is 24.1. The number of rotatable bonds is 20. The van der Waals surface area contributed by atoms with Crippen LogP contribution >= 0.6 is 0 Å². The van der Waals surface area contributed by atoms with Gasteiger partial charge in [0, 0.05) is 13.0 Å². The van der Waals surface area contributed by atoms with E-state index in [9.17, 15) is 24.3 Å². The highest BCUT2D eigenvalue weighted by molar-refractivity contribution is 5.95. The van der Waals surface area contributed by atoms with Crippen LogP contribution in [0.2, 0.25) is 0 Å². The minimum absolute atomic E-state index is 0.00226. The molecule has 0 rings (SSSR count). The molecule has 0 saturated carbocycles. The molecule has 4 N–H and O–H groups in total. The molecule has 0 spiro atoms. The van der Waals surface area contributed by atoms with Gasteiger partial charge in [0.25, 0.3) is 0 Å². The number of hydrogen-bond acceptors (Lipinski definition) is 8. The second kappa shape index (κ2) is 19.1. The van der Waals surface area contributed by atoms with Gasteiger partial charge in [-0.15, -0.1) is 0 Å². The zero-order valence-corrected chi connectivity index (χ0v) is 24.1. The van der Waals surface area contributed by atoms with Crippen molar-refractivity contribution in [2.75, 3.05) is 13.7 Å². The smallest absolute Gasteiger partial charge is 0.305 e. The lowest BCUT2D eigenvalue weighted by Gasteiger charge is -2.29. The highest BCUT2D eigenvalue weighted by Crippen LogP contribution is 2.12. The van der Waals surface area contributed by atoms with Crippen LogP contribution in [0.4, 0.5) is 0 Å². The maximum atomic E-state index is 13.3. The Hall–Kier alpha value is -2.04. The molecule has 2 amide bonds. The highest BCUT2D eigenvalue weighted by Gasteiger charge is 2.32. The Labute approximate surface area is 223 Å². The Morgan fingerprint density at radius 3 is 2.00 bits per heavy atom. The molecule has 0 aliphatic heterocycles. The van der Waals surface area contributed by atoms with Crippen LogP contribution in [0.15, 0.2) is 0 Å². The molecule has 216 valence electrons. The van der Waals surface area contributed by atoms with Crippen LogP contribution in [-0.2, 0) is 28.7 Å². The number of methoxy groups -OCH3 is 1. The number of ketones is 1. The van der Waals surface area contributed by atoms with E-state index < -0.39 is 48.2 Å². The number of Topliss-reactive ketones (excluding diaryl/α,β-unsaturated/α-hetero) is 1. The largest absolute Gasteiger partial charge is 0.469 e. The summed E-state index contributed by atoms with van der Waals surface area (Å²) in [5, 5.41) is 18.8. The van der Waals surface area contributed by atoms with Crippen molar-refractivity contribution in [3.05, 3.63) is 0 Å². The Morgan fingerprint density at radius 2 is 1.49 bits per heavy atom. The van der Waals surface area contributed by atoms with Crippen molar-refractivity contribution in [1.82, 2.24) is 16.0 Å². The highest BCUT2D eigenvalue weighted by atomic mass is 16.5. The molecule has 0 aliphatic carbocycles. The number of hydrogen-bond donors (Lipinski definition) is 4. The van der Waals surface area contributed by atoms with Crippen LogP contribution in [0.25, 0.3) is 0 Å². The van der Waals surface area contributed by atoms with Gasteiger partial charge in [-0.25, -0.2) is 0 Å². The van der Waals surface area contributed by atoms with E-state index in [1.54, 1.807) is 13.8 Å². The number of ether oxygens (including phenoxy) is 2. The van der Waals surface area contributed by atoms with Gasteiger partial charge in [-0.3, -0.25) is 24.5 Å². The SMILES string of the molecule is CCCCCC(O)NC(C(=O)NC(CCC(=O)OC)C(=O)NC(CC(C)C)C(=O)C(C)OCC)C(C)C. The van der Waals surface area contributed by atoms with Crippen molar-refractivity contribution in [1.29, 1.82) is 0 Å². The maximum Gasteiger partial charge on any atom is 0.305 e. The summed E-state index contributed by atoms with van der Waals surface area (Å²) in [6.07, 6.45) is 2.08. The fourth-order valence-corrected chi connectivity index (χ4v) is 3.95. The number of aliphatic hydroxyl groups is 1. The molecule has 5 atom stereocenters. The lowest BCUT2D eigenvalue weighted by atomic mass is 9.96. The summed E-state index contributed by atoms with van der Waals surface area (Å²) in [6, 6.07) is -2.63. The standard InChI is InChI=1S/C27H51N3O7/c1-9-11-12-13-22(31)30-24(18(5)6)27(35)28-20(14-15-23(32)36-8)26(34)29-21(16-17(3)4)25(33)19(7)37-10-2/h17-22,24,30-31H,9-16H2,1-8H3,(H,28,35)(H,29,34). The normalized spacial score (nSPS) is 15.5. The van der Waals surface area contributed by atoms with Gasteiger partial charge in [0.2, 0.25) is 11.8 Å². The van der Waals surface area contributed by atoms with Crippen molar-refractivity contribution in [2.24, 2.45) is 11.8 Å². The summed E-state index contributed by atoms with van der Waals surface area (Å²) in [7, 11) is 1.25. The lowest BCUT2D eigenvalue weighted by molar-refractivity contribution is -0.142.